The molecule has 7 nitrogen and oxygen atoms in total. The summed E-state index contributed by atoms with van der Waals surface area (Å²) in [5.74, 6) is 0. The Morgan fingerprint density at radius 3 is 2.50 bits per heavy atom. The number of aromatic nitrogens is 3. The van der Waals surface area contributed by atoms with E-state index in [9.17, 15) is 8.42 Å². The number of sulfonamides is 1. The Hall–Kier alpha value is -1.61. The molecular weight excluding hydrogens is 346 g/mol. The summed E-state index contributed by atoms with van der Waals surface area (Å²) < 4.78 is 28.8. The van der Waals surface area contributed by atoms with Crippen LogP contribution < -0.4 is 9.62 Å². The highest BCUT2D eigenvalue weighted by Gasteiger charge is 2.24. The molecule has 0 spiro atoms. The van der Waals surface area contributed by atoms with Gasteiger partial charge in [0.2, 0.25) is 5.03 Å². The summed E-state index contributed by atoms with van der Waals surface area (Å²) >= 11 is 3.09. The van der Waals surface area contributed by atoms with Crippen molar-refractivity contribution in [3.05, 3.63) is 28.9 Å². The minimum Gasteiger partial charge on any atom is -0.376 e. The SMILES string of the molecule is CN(C)c1ccccc1NS(=O)(=O)c1c(Br)nnn1C. The zero-order chi connectivity index (χ0) is 14.9. The van der Waals surface area contributed by atoms with Gasteiger partial charge < -0.3 is 4.90 Å². The van der Waals surface area contributed by atoms with Gasteiger partial charge in [-0.1, -0.05) is 17.3 Å². The highest BCUT2D eigenvalue weighted by molar-refractivity contribution is 9.10. The van der Waals surface area contributed by atoms with Gasteiger partial charge in [0.25, 0.3) is 10.0 Å². The van der Waals surface area contributed by atoms with Crippen LogP contribution >= 0.6 is 15.9 Å². The first-order valence-electron chi connectivity index (χ1n) is 5.67. The van der Waals surface area contributed by atoms with Crippen LogP contribution in [0.3, 0.4) is 0 Å². The number of benzene rings is 1. The number of hydrogen-bond acceptors (Lipinski definition) is 5. The molecule has 0 aliphatic carbocycles. The van der Waals surface area contributed by atoms with Crippen LogP contribution in [0, 0.1) is 0 Å². The molecule has 2 rings (SSSR count). The molecule has 1 aromatic heterocycles. The number of rotatable bonds is 4. The van der Waals surface area contributed by atoms with Gasteiger partial charge in [0, 0.05) is 21.1 Å². The number of para-hydroxylation sites is 2. The van der Waals surface area contributed by atoms with Crippen molar-refractivity contribution in [1.82, 2.24) is 15.0 Å². The number of halogens is 1. The van der Waals surface area contributed by atoms with Crippen LogP contribution in [0.25, 0.3) is 0 Å². The molecule has 1 N–H and O–H groups in total. The number of hydrogen-bond donors (Lipinski definition) is 1. The molecule has 20 heavy (non-hydrogen) atoms. The number of anilines is 2. The molecule has 0 unspecified atom stereocenters. The molecule has 0 fully saturated rings. The minimum atomic E-state index is -3.77. The van der Waals surface area contributed by atoms with Crippen LogP contribution in [0.2, 0.25) is 0 Å². The fourth-order valence-electron chi connectivity index (χ4n) is 1.75. The molecule has 0 bridgehead atoms. The monoisotopic (exact) mass is 359 g/mol. The van der Waals surface area contributed by atoms with E-state index in [2.05, 4.69) is 31.0 Å². The first kappa shape index (κ1) is 14.8. The third-order valence-corrected chi connectivity index (χ3v) is 4.87. The maximum atomic E-state index is 12.4. The van der Waals surface area contributed by atoms with Crippen molar-refractivity contribution in [2.24, 2.45) is 7.05 Å². The summed E-state index contributed by atoms with van der Waals surface area (Å²) in [5, 5.41) is 7.33. The van der Waals surface area contributed by atoms with Crippen LogP contribution in [0.1, 0.15) is 0 Å². The predicted molar refractivity (Wildman–Crippen MR) is 80.3 cm³/mol. The van der Waals surface area contributed by atoms with Crippen molar-refractivity contribution in [2.75, 3.05) is 23.7 Å². The Bertz CT molecular complexity index is 707. The van der Waals surface area contributed by atoms with E-state index in [-0.39, 0.29) is 9.63 Å². The average molecular weight is 360 g/mol. The Kier molecular flexibility index (Phi) is 4.00. The van der Waals surface area contributed by atoms with Gasteiger partial charge in [-0.15, -0.1) is 5.10 Å². The highest BCUT2D eigenvalue weighted by atomic mass is 79.9. The van der Waals surface area contributed by atoms with E-state index in [1.54, 1.807) is 12.1 Å². The second-order valence-electron chi connectivity index (χ2n) is 4.33. The molecule has 1 heterocycles. The van der Waals surface area contributed by atoms with Crippen molar-refractivity contribution >= 4 is 37.3 Å². The van der Waals surface area contributed by atoms with E-state index < -0.39 is 10.0 Å². The standard InChI is InChI=1S/C11H14BrN5O2S/c1-16(2)9-7-5-4-6-8(9)14-20(18,19)11-10(12)13-15-17(11)3/h4-7,14H,1-3H3. The van der Waals surface area contributed by atoms with Crippen molar-refractivity contribution < 1.29 is 8.42 Å². The van der Waals surface area contributed by atoms with E-state index in [4.69, 9.17) is 0 Å². The molecule has 1 aromatic carbocycles. The lowest BCUT2D eigenvalue weighted by Gasteiger charge is -2.18. The molecule has 0 saturated carbocycles. The van der Waals surface area contributed by atoms with Crippen LogP contribution in [0.5, 0.6) is 0 Å². The van der Waals surface area contributed by atoms with Crippen molar-refractivity contribution in [1.29, 1.82) is 0 Å². The normalized spacial score (nSPS) is 11.4. The lowest BCUT2D eigenvalue weighted by molar-refractivity contribution is 0.578. The summed E-state index contributed by atoms with van der Waals surface area (Å²) in [6.45, 7) is 0. The van der Waals surface area contributed by atoms with Crippen LogP contribution in [0.15, 0.2) is 33.9 Å². The van der Waals surface area contributed by atoms with Gasteiger partial charge >= 0.3 is 0 Å². The first-order chi connectivity index (χ1) is 9.33. The van der Waals surface area contributed by atoms with E-state index in [1.165, 1.54) is 11.7 Å². The second-order valence-corrected chi connectivity index (χ2v) is 6.67. The highest BCUT2D eigenvalue weighted by Crippen LogP contribution is 2.27. The van der Waals surface area contributed by atoms with Gasteiger partial charge in [-0.2, -0.15) is 8.42 Å². The molecule has 108 valence electrons. The Balaban J connectivity index is 2.45. The third kappa shape index (κ3) is 2.78. The molecule has 2 aromatic rings. The van der Waals surface area contributed by atoms with Gasteiger partial charge in [-0.05, 0) is 28.1 Å². The van der Waals surface area contributed by atoms with Gasteiger partial charge in [-0.3, -0.25) is 4.72 Å². The van der Waals surface area contributed by atoms with Gasteiger partial charge in [0.15, 0.2) is 4.60 Å². The molecule has 0 saturated heterocycles. The smallest absolute Gasteiger partial charge is 0.281 e. The van der Waals surface area contributed by atoms with Crippen LogP contribution in [-0.4, -0.2) is 37.5 Å². The summed E-state index contributed by atoms with van der Waals surface area (Å²) in [4.78, 5) is 1.83. The van der Waals surface area contributed by atoms with Gasteiger partial charge in [0.05, 0.1) is 11.4 Å². The lowest BCUT2D eigenvalue weighted by atomic mass is 10.2. The number of aryl methyl sites for hydroxylation is 1. The van der Waals surface area contributed by atoms with Crippen molar-refractivity contribution in [3.8, 4) is 0 Å². The molecule has 0 radical (unpaired) electrons. The number of nitrogens with zero attached hydrogens (tertiary/aromatic N) is 4. The van der Waals surface area contributed by atoms with E-state index >= 15 is 0 Å². The van der Waals surface area contributed by atoms with Gasteiger partial charge in [0.1, 0.15) is 0 Å². The third-order valence-electron chi connectivity index (χ3n) is 2.62. The fourth-order valence-corrected chi connectivity index (χ4v) is 3.92. The van der Waals surface area contributed by atoms with Crippen LogP contribution in [-0.2, 0) is 17.1 Å². The second kappa shape index (κ2) is 5.41. The molecular formula is C11H14BrN5O2S. The fraction of sp³-hybridized carbons (Fsp3) is 0.273. The van der Waals surface area contributed by atoms with E-state index in [1.807, 2.05) is 31.1 Å². The minimum absolute atomic E-state index is 0.0222. The van der Waals surface area contributed by atoms with Gasteiger partial charge in [-0.25, -0.2) is 4.68 Å². The number of nitrogens with one attached hydrogen (secondary N) is 1. The molecule has 0 aliphatic heterocycles. The average Bonchev–Trinajstić information content (AvgIpc) is 2.69. The van der Waals surface area contributed by atoms with Crippen molar-refractivity contribution in [2.45, 2.75) is 5.03 Å². The van der Waals surface area contributed by atoms with E-state index in [0.29, 0.717) is 5.69 Å². The van der Waals surface area contributed by atoms with Crippen LogP contribution in [0.4, 0.5) is 11.4 Å². The molecule has 0 atom stereocenters. The zero-order valence-corrected chi connectivity index (χ0v) is 13.6. The Morgan fingerprint density at radius 1 is 1.30 bits per heavy atom. The summed E-state index contributed by atoms with van der Waals surface area (Å²) in [7, 11) is 1.43. The molecule has 0 aliphatic rings. The quantitative estimate of drug-likeness (QED) is 0.893. The maximum absolute atomic E-state index is 12.4. The first-order valence-corrected chi connectivity index (χ1v) is 7.95. The zero-order valence-electron chi connectivity index (χ0n) is 11.2. The van der Waals surface area contributed by atoms with E-state index in [0.717, 1.165) is 5.69 Å². The lowest BCUT2D eigenvalue weighted by Crippen LogP contribution is -2.19. The Morgan fingerprint density at radius 2 is 1.95 bits per heavy atom. The molecule has 9 heteroatoms. The summed E-state index contributed by atoms with van der Waals surface area (Å²) in [5.41, 5.74) is 1.26. The largest absolute Gasteiger partial charge is 0.376 e. The molecule has 0 amide bonds. The summed E-state index contributed by atoms with van der Waals surface area (Å²) in [6, 6.07) is 7.13. The predicted octanol–water partition coefficient (Wildman–Crippen LogP) is 1.44. The summed E-state index contributed by atoms with van der Waals surface area (Å²) in [6.07, 6.45) is 0. The Labute approximate surface area is 125 Å². The maximum Gasteiger partial charge on any atom is 0.281 e. The van der Waals surface area contributed by atoms with Crippen molar-refractivity contribution in [3.63, 3.8) is 0 Å². The topological polar surface area (TPSA) is 80.1 Å².